The Kier molecular flexibility index (Phi) is 3.67. The molecule has 1 aromatic rings. The number of hydrogen-bond donors (Lipinski definition) is 1. The smallest absolute Gasteiger partial charge is 0.0572 e. The molecule has 0 spiro atoms. The summed E-state index contributed by atoms with van der Waals surface area (Å²) < 4.78 is 5.44. The van der Waals surface area contributed by atoms with E-state index >= 15 is 0 Å². The van der Waals surface area contributed by atoms with E-state index in [1.807, 2.05) is 7.11 Å². The first-order valence-corrected chi connectivity index (χ1v) is 7.23. The van der Waals surface area contributed by atoms with Gasteiger partial charge in [0.1, 0.15) is 0 Å². The maximum Gasteiger partial charge on any atom is 0.0572 e. The number of hydrogen-bond acceptors (Lipinski definition) is 2. The molecule has 0 radical (unpaired) electrons. The van der Waals surface area contributed by atoms with Gasteiger partial charge >= 0.3 is 0 Å². The van der Waals surface area contributed by atoms with E-state index in [1.54, 1.807) is 5.56 Å². The van der Waals surface area contributed by atoms with E-state index in [0.29, 0.717) is 18.2 Å². The average Bonchev–Trinajstić information content (AvgIpc) is 2.83. The summed E-state index contributed by atoms with van der Waals surface area (Å²) in [5, 5.41) is 3.86. The fraction of sp³-hybridized carbons (Fsp3) is 0.625. The Labute approximate surface area is 110 Å². The molecule has 0 heterocycles. The van der Waals surface area contributed by atoms with Crippen molar-refractivity contribution in [2.24, 2.45) is 0 Å². The standard InChI is InChI=1S/C16H23NO/c1-18-14-9-7-13(8-10-14)17-16-11-6-12-4-2-3-5-15(12)16/h2-5,13-14,16-17H,6-11H2,1H3. The van der Waals surface area contributed by atoms with E-state index in [2.05, 4.69) is 29.6 Å². The van der Waals surface area contributed by atoms with Gasteiger partial charge in [-0.3, -0.25) is 0 Å². The third-order valence-corrected chi connectivity index (χ3v) is 4.58. The molecule has 0 saturated heterocycles. The molecule has 18 heavy (non-hydrogen) atoms. The second-order valence-electron chi connectivity index (χ2n) is 5.67. The van der Waals surface area contributed by atoms with Crippen molar-refractivity contribution in [3.05, 3.63) is 35.4 Å². The van der Waals surface area contributed by atoms with Crippen molar-refractivity contribution >= 4 is 0 Å². The maximum atomic E-state index is 5.44. The van der Waals surface area contributed by atoms with E-state index in [4.69, 9.17) is 4.74 Å². The first-order valence-electron chi connectivity index (χ1n) is 7.23. The zero-order chi connectivity index (χ0) is 12.4. The Morgan fingerprint density at radius 1 is 1.06 bits per heavy atom. The Morgan fingerprint density at radius 3 is 2.61 bits per heavy atom. The van der Waals surface area contributed by atoms with Crippen molar-refractivity contribution < 1.29 is 4.74 Å². The van der Waals surface area contributed by atoms with Crippen LogP contribution in [0.3, 0.4) is 0 Å². The van der Waals surface area contributed by atoms with Crippen LogP contribution in [0.1, 0.15) is 49.3 Å². The molecule has 0 bridgehead atoms. The highest BCUT2D eigenvalue weighted by molar-refractivity contribution is 5.34. The van der Waals surface area contributed by atoms with E-state index in [1.165, 1.54) is 44.1 Å². The normalized spacial score (nSPS) is 31.3. The van der Waals surface area contributed by atoms with Gasteiger partial charge in [-0.25, -0.2) is 0 Å². The van der Waals surface area contributed by atoms with Crippen LogP contribution < -0.4 is 5.32 Å². The molecule has 1 saturated carbocycles. The molecule has 2 nitrogen and oxygen atoms in total. The molecule has 2 heteroatoms. The fourth-order valence-corrected chi connectivity index (χ4v) is 3.48. The largest absolute Gasteiger partial charge is 0.381 e. The monoisotopic (exact) mass is 245 g/mol. The number of aryl methyl sites for hydroxylation is 1. The molecule has 2 aliphatic rings. The molecule has 3 rings (SSSR count). The van der Waals surface area contributed by atoms with Crippen molar-refractivity contribution in [1.82, 2.24) is 5.32 Å². The Hall–Kier alpha value is -0.860. The predicted octanol–water partition coefficient (Wildman–Crippen LogP) is 3.22. The number of nitrogens with one attached hydrogen (secondary N) is 1. The number of fused-ring (bicyclic) bond motifs is 1. The van der Waals surface area contributed by atoms with E-state index in [0.717, 1.165) is 0 Å². The summed E-state index contributed by atoms with van der Waals surface area (Å²) in [6, 6.07) is 10.2. The minimum Gasteiger partial charge on any atom is -0.381 e. The van der Waals surface area contributed by atoms with Crippen LogP contribution in [-0.2, 0) is 11.2 Å². The van der Waals surface area contributed by atoms with Gasteiger partial charge in [0, 0.05) is 19.2 Å². The highest BCUT2D eigenvalue weighted by atomic mass is 16.5. The van der Waals surface area contributed by atoms with Gasteiger partial charge in [-0.15, -0.1) is 0 Å². The van der Waals surface area contributed by atoms with Crippen molar-refractivity contribution in [3.63, 3.8) is 0 Å². The number of rotatable bonds is 3. The molecular weight excluding hydrogens is 222 g/mol. The van der Waals surface area contributed by atoms with Gasteiger partial charge in [-0.2, -0.15) is 0 Å². The quantitative estimate of drug-likeness (QED) is 0.883. The van der Waals surface area contributed by atoms with Gasteiger partial charge in [0.15, 0.2) is 0 Å². The molecule has 0 aliphatic heterocycles. The number of methoxy groups -OCH3 is 1. The summed E-state index contributed by atoms with van der Waals surface area (Å²) in [6.45, 7) is 0. The SMILES string of the molecule is COC1CCC(NC2CCc3ccccc32)CC1. The summed E-state index contributed by atoms with van der Waals surface area (Å²) in [5.74, 6) is 0. The maximum absolute atomic E-state index is 5.44. The lowest BCUT2D eigenvalue weighted by atomic mass is 9.92. The Morgan fingerprint density at radius 2 is 1.83 bits per heavy atom. The summed E-state index contributed by atoms with van der Waals surface area (Å²) in [4.78, 5) is 0. The van der Waals surface area contributed by atoms with Crippen molar-refractivity contribution in [2.75, 3.05) is 7.11 Å². The molecule has 0 aromatic heterocycles. The lowest BCUT2D eigenvalue weighted by Crippen LogP contribution is -2.36. The lowest BCUT2D eigenvalue weighted by Gasteiger charge is -2.30. The molecule has 0 amide bonds. The summed E-state index contributed by atoms with van der Waals surface area (Å²) in [6.07, 6.45) is 7.95. The number of benzene rings is 1. The molecular formula is C16H23NO. The molecule has 1 atom stereocenters. The minimum absolute atomic E-state index is 0.499. The Balaban J connectivity index is 1.59. The third-order valence-electron chi connectivity index (χ3n) is 4.58. The van der Waals surface area contributed by atoms with E-state index in [-0.39, 0.29) is 0 Å². The van der Waals surface area contributed by atoms with Crippen LogP contribution in [0.5, 0.6) is 0 Å². The second kappa shape index (κ2) is 5.41. The summed E-state index contributed by atoms with van der Waals surface area (Å²) in [7, 11) is 1.84. The third kappa shape index (κ3) is 2.45. The van der Waals surface area contributed by atoms with Gasteiger partial charge in [-0.05, 0) is 49.7 Å². The zero-order valence-corrected chi connectivity index (χ0v) is 11.2. The first kappa shape index (κ1) is 12.2. The molecule has 1 N–H and O–H groups in total. The van der Waals surface area contributed by atoms with Crippen LogP contribution in [0.25, 0.3) is 0 Å². The van der Waals surface area contributed by atoms with E-state index < -0.39 is 0 Å². The highest BCUT2D eigenvalue weighted by Gasteiger charge is 2.27. The van der Waals surface area contributed by atoms with Crippen LogP contribution in [0, 0.1) is 0 Å². The fourth-order valence-electron chi connectivity index (χ4n) is 3.48. The molecule has 1 aromatic carbocycles. The first-order chi connectivity index (χ1) is 8.86. The van der Waals surface area contributed by atoms with Crippen LogP contribution in [-0.4, -0.2) is 19.3 Å². The minimum atomic E-state index is 0.499. The van der Waals surface area contributed by atoms with Gasteiger partial charge in [-0.1, -0.05) is 24.3 Å². The zero-order valence-electron chi connectivity index (χ0n) is 11.2. The summed E-state index contributed by atoms with van der Waals surface area (Å²) >= 11 is 0. The molecule has 2 aliphatic carbocycles. The topological polar surface area (TPSA) is 21.3 Å². The predicted molar refractivity (Wildman–Crippen MR) is 73.7 cm³/mol. The average molecular weight is 245 g/mol. The second-order valence-corrected chi connectivity index (χ2v) is 5.67. The highest BCUT2D eigenvalue weighted by Crippen LogP contribution is 2.32. The van der Waals surface area contributed by atoms with Gasteiger partial charge < -0.3 is 10.1 Å². The van der Waals surface area contributed by atoms with Crippen molar-refractivity contribution in [3.8, 4) is 0 Å². The summed E-state index contributed by atoms with van der Waals surface area (Å²) in [5.41, 5.74) is 3.08. The molecule has 98 valence electrons. The van der Waals surface area contributed by atoms with Gasteiger partial charge in [0.25, 0.3) is 0 Å². The van der Waals surface area contributed by atoms with Crippen molar-refractivity contribution in [1.29, 1.82) is 0 Å². The lowest BCUT2D eigenvalue weighted by molar-refractivity contribution is 0.0611. The molecule has 1 unspecified atom stereocenters. The van der Waals surface area contributed by atoms with E-state index in [9.17, 15) is 0 Å². The van der Waals surface area contributed by atoms with Gasteiger partial charge in [0.2, 0.25) is 0 Å². The van der Waals surface area contributed by atoms with Crippen LogP contribution in [0.4, 0.5) is 0 Å². The van der Waals surface area contributed by atoms with Gasteiger partial charge in [0.05, 0.1) is 6.10 Å². The molecule has 1 fully saturated rings. The van der Waals surface area contributed by atoms with Crippen LogP contribution >= 0.6 is 0 Å². The van der Waals surface area contributed by atoms with Crippen LogP contribution in [0.15, 0.2) is 24.3 Å². The Bertz CT molecular complexity index is 396. The van der Waals surface area contributed by atoms with Crippen molar-refractivity contribution in [2.45, 2.75) is 56.7 Å². The van der Waals surface area contributed by atoms with Crippen LogP contribution in [0.2, 0.25) is 0 Å². The number of ether oxygens (including phenoxy) is 1.